The molecule has 2 aromatic rings. The molecule has 0 saturated heterocycles. The molecule has 1 fully saturated rings. The minimum Gasteiger partial charge on any atom is -0.461 e. The number of nitrogens with two attached hydrogens (primary N) is 1. The number of esters is 1. The predicted octanol–water partition coefficient (Wildman–Crippen LogP) is 2.37. The van der Waals surface area contributed by atoms with Crippen LogP contribution < -0.4 is 5.73 Å². The van der Waals surface area contributed by atoms with Crippen molar-refractivity contribution < 1.29 is 9.53 Å². The topological polar surface area (TPSA) is 78.1 Å². The van der Waals surface area contributed by atoms with Gasteiger partial charge < -0.3 is 10.5 Å². The van der Waals surface area contributed by atoms with E-state index in [1.165, 1.54) is 0 Å². The molecule has 1 heterocycles. The molecule has 0 spiro atoms. The third-order valence-corrected chi connectivity index (χ3v) is 4.03. The van der Waals surface area contributed by atoms with Crippen LogP contribution in [-0.2, 0) is 22.6 Å². The van der Waals surface area contributed by atoms with E-state index in [1.54, 1.807) is 6.07 Å². The Morgan fingerprint density at radius 2 is 1.91 bits per heavy atom. The molecule has 2 N–H and O–H groups in total. The number of nitrogens with zero attached hydrogens (tertiary/aromatic N) is 2. The highest BCUT2D eigenvalue weighted by Gasteiger charge is 2.35. The number of rotatable bonds is 5. The van der Waals surface area contributed by atoms with Crippen molar-refractivity contribution >= 4 is 11.8 Å². The van der Waals surface area contributed by atoms with Crippen molar-refractivity contribution in [1.29, 1.82) is 0 Å². The van der Waals surface area contributed by atoms with Crippen molar-refractivity contribution in [2.45, 2.75) is 25.9 Å². The van der Waals surface area contributed by atoms with Crippen molar-refractivity contribution in [3.8, 4) is 0 Å². The standard InChI is InChI=1S/C17H19N3O2/c18-16-7-6-15(19-20-16)10-13-8-14(9-13)17(21)22-11-12-4-2-1-3-5-12/h1-7,13-14H,8-11H2,(H2,18,20). The fraction of sp³-hybridized carbons (Fsp3) is 0.353. The van der Waals surface area contributed by atoms with Crippen LogP contribution in [0.5, 0.6) is 0 Å². The van der Waals surface area contributed by atoms with Gasteiger partial charge in [0.2, 0.25) is 0 Å². The third kappa shape index (κ3) is 3.61. The Kier molecular flexibility index (Phi) is 4.32. The average Bonchev–Trinajstić information content (AvgIpc) is 2.51. The third-order valence-electron chi connectivity index (χ3n) is 4.03. The maximum absolute atomic E-state index is 12.0. The SMILES string of the molecule is Nc1ccc(CC2CC(C(=O)OCc3ccccc3)C2)nn1. The molecule has 1 aliphatic carbocycles. The van der Waals surface area contributed by atoms with E-state index in [1.807, 2.05) is 36.4 Å². The maximum Gasteiger partial charge on any atom is 0.309 e. The highest BCUT2D eigenvalue weighted by atomic mass is 16.5. The van der Waals surface area contributed by atoms with E-state index in [0.717, 1.165) is 30.5 Å². The lowest BCUT2D eigenvalue weighted by Gasteiger charge is -2.33. The van der Waals surface area contributed by atoms with Gasteiger partial charge in [0.15, 0.2) is 0 Å². The van der Waals surface area contributed by atoms with Crippen molar-refractivity contribution in [1.82, 2.24) is 10.2 Å². The van der Waals surface area contributed by atoms with Gasteiger partial charge in [-0.3, -0.25) is 4.79 Å². The van der Waals surface area contributed by atoms with Crippen LogP contribution in [0.3, 0.4) is 0 Å². The molecule has 1 aromatic heterocycles. The summed E-state index contributed by atoms with van der Waals surface area (Å²) in [6.07, 6.45) is 2.56. The highest BCUT2D eigenvalue weighted by Crippen LogP contribution is 2.36. The normalized spacial score (nSPS) is 20.2. The number of carbonyl (C=O) groups is 1. The number of hydrogen-bond acceptors (Lipinski definition) is 5. The summed E-state index contributed by atoms with van der Waals surface area (Å²) in [7, 11) is 0. The molecule has 0 aliphatic heterocycles. The summed E-state index contributed by atoms with van der Waals surface area (Å²) in [5.41, 5.74) is 7.46. The monoisotopic (exact) mass is 297 g/mol. The lowest BCUT2D eigenvalue weighted by atomic mass is 9.73. The molecule has 5 nitrogen and oxygen atoms in total. The first-order chi connectivity index (χ1) is 10.7. The Hall–Kier alpha value is -2.43. The van der Waals surface area contributed by atoms with Crippen LogP contribution in [0.25, 0.3) is 0 Å². The molecule has 0 radical (unpaired) electrons. The highest BCUT2D eigenvalue weighted by molar-refractivity contribution is 5.73. The van der Waals surface area contributed by atoms with Crippen LogP contribution >= 0.6 is 0 Å². The fourth-order valence-corrected chi connectivity index (χ4v) is 2.72. The van der Waals surface area contributed by atoms with Gasteiger partial charge in [-0.15, -0.1) is 5.10 Å². The summed E-state index contributed by atoms with van der Waals surface area (Å²) < 4.78 is 5.36. The smallest absolute Gasteiger partial charge is 0.309 e. The van der Waals surface area contributed by atoms with Crippen LogP contribution in [0, 0.1) is 11.8 Å². The average molecular weight is 297 g/mol. The Labute approximate surface area is 129 Å². The molecule has 114 valence electrons. The van der Waals surface area contributed by atoms with Crippen LogP contribution in [0.15, 0.2) is 42.5 Å². The minimum atomic E-state index is -0.0940. The van der Waals surface area contributed by atoms with E-state index in [2.05, 4.69) is 10.2 Å². The van der Waals surface area contributed by atoms with E-state index in [-0.39, 0.29) is 11.9 Å². The number of aromatic nitrogens is 2. The van der Waals surface area contributed by atoms with Crippen molar-refractivity contribution in [2.75, 3.05) is 5.73 Å². The zero-order valence-corrected chi connectivity index (χ0v) is 12.3. The van der Waals surface area contributed by atoms with Gasteiger partial charge in [0, 0.05) is 0 Å². The summed E-state index contributed by atoms with van der Waals surface area (Å²) in [6.45, 7) is 0.351. The molecule has 1 saturated carbocycles. The largest absolute Gasteiger partial charge is 0.461 e. The van der Waals surface area contributed by atoms with Gasteiger partial charge >= 0.3 is 5.97 Å². The van der Waals surface area contributed by atoms with Crippen LogP contribution in [-0.4, -0.2) is 16.2 Å². The number of nitrogen functional groups attached to an aromatic ring is 1. The molecule has 5 heteroatoms. The number of benzene rings is 1. The Bertz CT molecular complexity index is 622. The van der Waals surface area contributed by atoms with Gasteiger partial charge in [-0.25, -0.2) is 0 Å². The number of anilines is 1. The number of hydrogen-bond donors (Lipinski definition) is 1. The molecule has 0 bridgehead atoms. The van der Waals surface area contributed by atoms with Crippen LogP contribution in [0.4, 0.5) is 5.82 Å². The molecule has 0 atom stereocenters. The maximum atomic E-state index is 12.0. The molecular formula is C17H19N3O2. The van der Waals surface area contributed by atoms with Gasteiger partial charge in [0.05, 0.1) is 11.6 Å². The predicted molar refractivity (Wildman–Crippen MR) is 82.6 cm³/mol. The van der Waals surface area contributed by atoms with E-state index >= 15 is 0 Å². The lowest BCUT2D eigenvalue weighted by molar-refractivity contribution is -0.154. The van der Waals surface area contributed by atoms with E-state index < -0.39 is 0 Å². The van der Waals surface area contributed by atoms with Gasteiger partial charge in [0.1, 0.15) is 12.4 Å². The molecule has 0 unspecified atom stereocenters. The Morgan fingerprint density at radius 1 is 1.14 bits per heavy atom. The lowest BCUT2D eigenvalue weighted by Crippen LogP contribution is -2.33. The van der Waals surface area contributed by atoms with Crippen molar-refractivity contribution in [3.05, 3.63) is 53.7 Å². The summed E-state index contributed by atoms with van der Waals surface area (Å²) in [5.74, 6) is 0.839. The molecule has 3 rings (SSSR count). The first-order valence-corrected chi connectivity index (χ1v) is 7.49. The first-order valence-electron chi connectivity index (χ1n) is 7.49. The van der Waals surface area contributed by atoms with Crippen LogP contribution in [0.1, 0.15) is 24.1 Å². The number of ether oxygens (including phenoxy) is 1. The number of carbonyl (C=O) groups excluding carboxylic acids is 1. The van der Waals surface area contributed by atoms with Gasteiger partial charge in [-0.2, -0.15) is 5.10 Å². The second-order valence-corrected chi connectivity index (χ2v) is 5.78. The zero-order chi connectivity index (χ0) is 15.4. The molecule has 1 aromatic carbocycles. The van der Waals surface area contributed by atoms with Crippen molar-refractivity contribution in [3.63, 3.8) is 0 Å². The second kappa shape index (κ2) is 6.56. The summed E-state index contributed by atoms with van der Waals surface area (Å²) in [4.78, 5) is 12.0. The first kappa shape index (κ1) is 14.5. The van der Waals surface area contributed by atoms with E-state index in [4.69, 9.17) is 10.5 Å². The van der Waals surface area contributed by atoms with Gasteiger partial charge in [-0.05, 0) is 42.9 Å². The summed E-state index contributed by atoms with van der Waals surface area (Å²) in [6, 6.07) is 13.4. The fourth-order valence-electron chi connectivity index (χ4n) is 2.72. The molecule has 1 aliphatic rings. The van der Waals surface area contributed by atoms with E-state index in [9.17, 15) is 4.79 Å². The molecule has 22 heavy (non-hydrogen) atoms. The Balaban J connectivity index is 1.41. The van der Waals surface area contributed by atoms with Gasteiger partial charge in [0.25, 0.3) is 0 Å². The Morgan fingerprint density at radius 3 is 2.59 bits per heavy atom. The summed E-state index contributed by atoms with van der Waals surface area (Å²) in [5, 5.41) is 7.90. The quantitative estimate of drug-likeness (QED) is 0.857. The molecule has 0 amide bonds. The molecular weight excluding hydrogens is 278 g/mol. The van der Waals surface area contributed by atoms with E-state index in [0.29, 0.717) is 18.3 Å². The zero-order valence-electron chi connectivity index (χ0n) is 12.3. The van der Waals surface area contributed by atoms with Crippen LogP contribution in [0.2, 0.25) is 0 Å². The van der Waals surface area contributed by atoms with Gasteiger partial charge in [-0.1, -0.05) is 30.3 Å². The van der Waals surface area contributed by atoms with Crippen molar-refractivity contribution in [2.24, 2.45) is 11.8 Å². The summed E-state index contributed by atoms with van der Waals surface area (Å²) >= 11 is 0. The second-order valence-electron chi connectivity index (χ2n) is 5.78. The minimum absolute atomic E-state index is 0.0236.